The van der Waals surface area contributed by atoms with E-state index in [1.165, 1.54) is 18.0 Å². The van der Waals surface area contributed by atoms with Crippen LogP contribution in [0.25, 0.3) is 0 Å². The zero-order valence-corrected chi connectivity index (χ0v) is 10.2. The maximum Gasteiger partial charge on any atom is 0.358 e. The smallest absolute Gasteiger partial charge is 0.358 e. The zero-order chi connectivity index (χ0) is 12.4. The number of carboxylic acid groups (broad SMARTS) is 1. The number of thioether (sulfide) groups is 1. The summed E-state index contributed by atoms with van der Waals surface area (Å²) >= 11 is 1.34. The maximum absolute atomic E-state index is 10.8. The fraction of sp³-hybridized carbons (Fsp3) is 0.600. The fourth-order valence-corrected chi connectivity index (χ4v) is 2.58. The van der Waals surface area contributed by atoms with Crippen LogP contribution in [-0.2, 0) is 4.79 Å². The SMILES string of the molecule is CC(=O)SCC1CC(n2cc(C(=O)O)nn2)C1. The van der Waals surface area contributed by atoms with Gasteiger partial charge in [-0.15, -0.1) is 5.10 Å². The van der Waals surface area contributed by atoms with Gasteiger partial charge in [0.15, 0.2) is 10.8 Å². The Kier molecular flexibility index (Phi) is 3.46. The Bertz CT molecular complexity index is 440. The standard InChI is InChI=1S/C10H13N3O3S/c1-6(14)17-5-7-2-8(3-7)13-4-9(10(15)16)11-12-13/h4,7-8H,2-3,5H2,1H3,(H,15,16). The van der Waals surface area contributed by atoms with Crippen molar-refractivity contribution < 1.29 is 14.7 Å². The average molecular weight is 255 g/mol. The van der Waals surface area contributed by atoms with Gasteiger partial charge < -0.3 is 5.11 Å². The Labute approximate surface area is 102 Å². The number of hydrogen-bond acceptors (Lipinski definition) is 5. The summed E-state index contributed by atoms with van der Waals surface area (Å²) < 4.78 is 1.61. The summed E-state index contributed by atoms with van der Waals surface area (Å²) in [5.74, 6) is 0.303. The third-order valence-electron chi connectivity index (χ3n) is 2.84. The maximum atomic E-state index is 10.8. The summed E-state index contributed by atoms with van der Waals surface area (Å²) in [4.78, 5) is 21.4. The Morgan fingerprint density at radius 3 is 2.82 bits per heavy atom. The molecule has 0 saturated heterocycles. The molecule has 1 heterocycles. The lowest BCUT2D eigenvalue weighted by Gasteiger charge is -2.34. The monoisotopic (exact) mass is 255 g/mol. The normalized spacial score (nSPS) is 23.1. The molecular formula is C10H13N3O3S. The highest BCUT2D eigenvalue weighted by Gasteiger charge is 2.31. The predicted octanol–water partition coefficient (Wildman–Crippen LogP) is 1.21. The van der Waals surface area contributed by atoms with Crippen LogP contribution in [0.1, 0.15) is 36.3 Å². The minimum atomic E-state index is -1.06. The topological polar surface area (TPSA) is 85.1 Å². The molecule has 6 nitrogen and oxygen atoms in total. The van der Waals surface area contributed by atoms with Gasteiger partial charge in [0.2, 0.25) is 0 Å². The second-order valence-electron chi connectivity index (χ2n) is 4.18. The number of rotatable bonds is 4. The van der Waals surface area contributed by atoms with E-state index >= 15 is 0 Å². The van der Waals surface area contributed by atoms with E-state index in [0.29, 0.717) is 5.92 Å². The molecule has 1 N–H and O–H groups in total. The summed E-state index contributed by atoms with van der Waals surface area (Å²) in [6, 6.07) is 0.230. The second kappa shape index (κ2) is 4.87. The highest BCUT2D eigenvalue weighted by molar-refractivity contribution is 8.13. The first-order valence-electron chi connectivity index (χ1n) is 5.34. The average Bonchev–Trinajstić information content (AvgIpc) is 2.63. The summed E-state index contributed by atoms with van der Waals surface area (Å²) in [7, 11) is 0. The predicted molar refractivity (Wildman–Crippen MR) is 61.9 cm³/mol. The van der Waals surface area contributed by atoms with Crippen LogP contribution in [0, 0.1) is 5.92 Å². The Balaban J connectivity index is 1.82. The molecule has 0 amide bonds. The van der Waals surface area contributed by atoms with Crippen LogP contribution in [0.5, 0.6) is 0 Å². The summed E-state index contributed by atoms with van der Waals surface area (Å²) in [6.45, 7) is 1.57. The molecule has 92 valence electrons. The number of aromatic nitrogens is 3. The molecule has 0 bridgehead atoms. The van der Waals surface area contributed by atoms with Crippen molar-refractivity contribution in [1.82, 2.24) is 15.0 Å². The van der Waals surface area contributed by atoms with Crippen molar-refractivity contribution in [3.63, 3.8) is 0 Å². The van der Waals surface area contributed by atoms with Crippen LogP contribution in [0.15, 0.2) is 6.20 Å². The molecule has 1 aromatic heterocycles. The number of aromatic carboxylic acids is 1. The van der Waals surface area contributed by atoms with Gasteiger partial charge in [0.1, 0.15) is 0 Å². The molecule has 0 spiro atoms. The molecule has 2 rings (SSSR count). The first-order valence-corrected chi connectivity index (χ1v) is 6.33. The molecule has 1 aromatic rings. The lowest BCUT2D eigenvalue weighted by Crippen LogP contribution is -2.29. The van der Waals surface area contributed by atoms with Crippen LogP contribution in [0.2, 0.25) is 0 Å². The van der Waals surface area contributed by atoms with E-state index in [9.17, 15) is 9.59 Å². The lowest BCUT2D eigenvalue weighted by atomic mass is 9.82. The number of carbonyl (C=O) groups is 2. The third kappa shape index (κ3) is 2.85. The van der Waals surface area contributed by atoms with E-state index in [0.717, 1.165) is 18.6 Å². The molecule has 0 aliphatic heterocycles. The number of carboxylic acids is 1. The molecule has 0 radical (unpaired) electrons. The van der Waals surface area contributed by atoms with Crippen LogP contribution in [0.4, 0.5) is 0 Å². The van der Waals surface area contributed by atoms with Gasteiger partial charge in [0.05, 0.1) is 12.2 Å². The first kappa shape index (κ1) is 12.1. The van der Waals surface area contributed by atoms with Gasteiger partial charge in [0, 0.05) is 12.7 Å². The van der Waals surface area contributed by atoms with Crippen molar-refractivity contribution in [3.05, 3.63) is 11.9 Å². The van der Waals surface area contributed by atoms with Crippen LogP contribution in [-0.4, -0.2) is 36.9 Å². The van der Waals surface area contributed by atoms with Crippen LogP contribution < -0.4 is 0 Å². The third-order valence-corrected chi connectivity index (χ3v) is 3.88. The molecule has 0 unspecified atom stereocenters. The largest absolute Gasteiger partial charge is 0.476 e. The van der Waals surface area contributed by atoms with Gasteiger partial charge in [-0.05, 0) is 18.8 Å². The number of hydrogen-bond donors (Lipinski definition) is 1. The van der Waals surface area contributed by atoms with Gasteiger partial charge in [-0.2, -0.15) is 0 Å². The van der Waals surface area contributed by atoms with Gasteiger partial charge in [-0.25, -0.2) is 9.48 Å². The van der Waals surface area contributed by atoms with Crippen molar-refractivity contribution in [2.24, 2.45) is 5.92 Å². The van der Waals surface area contributed by atoms with Crippen molar-refractivity contribution in [2.45, 2.75) is 25.8 Å². The highest BCUT2D eigenvalue weighted by atomic mass is 32.2. The molecule has 0 aromatic carbocycles. The van der Waals surface area contributed by atoms with Gasteiger partial charge in [-0.3, -0.25) is 4.79 Å². The molecule has 0 atom stereocenters. The Hall–Kier alpha value is -1.37. The molecular weight excluding hydrogens is 242 g/mol. The number of carbonyl (C=O) groups excluding carboxylic acids is 1. The van der Waals surface area contributed by atoms with Crippen LogP contribution in [0.3, 0.4) is 0 Å². The molecule has 1 aliphatic carbocycles. The Morgan fingerprint density at radius 2 is 2.29 bits per heavy atom. The summed E-state index contributed by atoms with van der Waals surface area (Å²) in [6.07, 6.45) is 3.33. The first-order chi connectivity index (χ1) is 8.06. The van der Waals surface area contributed by atoms with E-state index in [1.54, 1.807) is 11.6 Å². The zero-order valence-electron chi connectivity index (χ0n) is 9.37. The van der Waals surface area contributed by atoms with E-state index < -0.39 is 5.97 Å². The quantitative estimate of drug-likeness (QED) is 0.870. The van der Waals surface area contributed by atoms with Gasteiger partial charge >= 0.3 is 5.97 Å². The van der Waals surface area contributed by atoms with Crippen molar-refractivity contribution in [3.8, 4) is 0 Å². The van der Waals surface area contributed by atoms with Crippen molar-refractivity contribution in [2.75, 3.05) is 5.75 Å². The minimum Gasteiger partial charge on any atom is -0.476 e. The van der Waals surface area contributed by atoms with Crippen LogP contribution >= 0.6 is 11.8 Å². The van der Waals surface area contributed by atoms with E-state index in [4.69, 9.17) is 5.11 Å². The molecule has 17 heavy (non-hydrogen) atoms. The Morgan fingerprint density at radius 1 is 1.59 bits per heavy atom. The van der Waals surface area contributed by atoms with E-state index in [2.05, 4.69) is 10.3 Å². The molecule has 1 aliphatic rings. The number of nitrogens with zero attached hydrogens (tertiary/aromatic N) is 3. The fourth-order valence-electron chi connectivity index (χ4n) is 1.84. The molecule has 1 fully saturated rings. The second-order valence-corrected chi connectivity index (χ2v) is 5.38. The van der Waals surface area contributed by atoms with E-state index in [-0.39, 0.29) is 16.9 Å². The van der Waals surface area contributed by atoms with Crippen molar-refractivity contribution in [1.29, 1.82) is 0 Å². The minimum absolute atomic E-state index is 0.0217. The summed E-state index contributed by atoms with van der Waals surface area (Å²) in [5, 5.41) is 16.2. The lowest BCUT2D eigenvalue weighted by molar-refractivity contribution is -0.109. The summed E-state index contributed by atoms with van der Waals surface area (Å²) in [5.41, 5.74) is -0.0217. The molecule has 7 heteroatoms. The van der Waals surface area contributed by atoms with Gasteiger partial charge in [0.25, 0.3) is 0 Å². The van der Waals surface area contributed by atoms with Gasteiger partial charge in [-0.1, -0.05) is 17.0 Å². The molecule has 1 saturated carbocycles. The van der Waals surface area contributed by atoms with Crippen molar-refractivity contribution >= 4 is 22.8 Å². The highest BCUT2D eigenvalue weighted by Crippen LogP contribution is 2.39. The van der Waals surface area contributed by atoms with E-state index in [1.807, 2.05) is 0 Å².